The van der Waals surface area contributed by atoms with Gasteiger partial charge < -0.3 is 14.5 Å². The van der Waals surface area contributed by atoms with E-state index in [0.29, 0.717) is 11.7 Å². The number of hydrogen-bond donors (Lipinski definition) is 1. The molecule has 1 N–H and O–H groups in total. The van der Waals surface area contributed by atoms with Crippen molar-refractivity contribution in [3.63, 3.8) is 0 Å². The fourth-order valence-electron chi connectivity index (χ4n) is 3.64. The lowest BCUT2D eigenvalue weighted by Crippen LogP contribution is -2.18. The number of carbonyl (C=O) groups excluding carboxylic acids is 1. The van der Waals surface area contributed by atoms with Gasteiger partial charge in [0.2, 0.25) is 5.91 Å². The van der Waals surface area contributed by atoms with E-state index in [4.69, 9.17) is 9.15 Å². The largest absolute Gasteiger partial charge is 0.469 e. The van der Waals surface area contributed by atoms with E-state index in [1.807, 2.05) is 41.8 Å². The molecule has 0 radical (unpaired) electrons. The Morgan fingerprint density at radius 1 is 1.30 bits per heavy atom. The number of furan rings is 1. The topological polar surface area (TPSA) is 82.2 Å². The van der Waals surface area contributed by atoms with Gasteiger partial charge in [-0.25, -0.2) is 0 Å². The summed E-state index contributed by atoms with van der Waals surface area (Å²) in [6.07, 6.45) is 4.74. The van der Waals surface area contributed by atoms with Crippen molar-refractivity contribution < 1.29 is 13.9 Å². The van der Waals surface area contributed by atoms with Crippen LogP contribution in [0.25, 0.3) is 11.4 Å². The lowest BCUT2D eigenvalue weighted by atomic mass is 10.1. The highest BCUT2D eigenvalue weighted by atomic mass is 32.2. The number of amides is 1. The maximum Gasteiger partial charge on any atom is 0.234 e. The second kappa shape index (κ2) is 9.49. The Labute approximate surface area is 180 Å². The SMILES string of the molecule is CCc1ccccc1NC(=O)CSc1nnc(-c2ccoc2C)n1CC1CCCO1. The minimum absolute atomic E-state index is 0.0615. The van der Waals surface area contributed by atoms with E-state index in [1.165, 1.54) is 11.8 Å². The number of para-hydroxylation sites is 1. The van der Waals surface area contributed by atoms with E-state index in [-0.39, 0.29) is 17.8 Å². The summed E-state index contributed by atoms with van der Waals surface area (Å²) in [5.41, 5.74) is 2.89. The summed E-state index contributed by atoms with van der Waals surface area (Å²) in [7, 11) is 0. The van der Waals surface area contributed by atoms with Crippen molar-refractivity contribution in [1.29, 1.82) is 0 Å². The van der Waals surface area contributed by atoms with Crippen LogP contribution in [0.2, 0.25) is 0 Å². The molecule has 158 valence electrons. The highest BCUT2D eigenvalue weighted by Crippen LogP contribution is 2.29. The van der Waals surface area contributed by atoms with Gasteiger partial charge in [-0.15, -0.1) is 10.2 Å². The number of rotatable bonds is 8. The number of thioether (sulfide) groups is 1. The number of aromatic nitrogens is 3. The molecule has 1 atom stereocenters. The highest BCUT2D eigenvalue weighted by molar-refractivity contribution is 7.99. The normalized spacial score (nSPS) is 16.1. The van der Waals surface area contributed by atoms with Gasteiger partial charge >= 0.3 is 0 Å². The first-order valence-electron chi connectivity index (χ1n) is 10.3. The molecule has 1 fully saturated rings. The van der Waals surface area contributed by atoms with Crippen molar-refractivity contribution in [3.8, 4) is 11.4 Å². The third-order valence-electron chi connectivity index (χ3n) is 5.23. The molecule has 0 spiro atoms. The Balaban J connectivity index is 1.49. The van der Waals surface area contributed by atoms with Crippen LogP contribution in [-0.2, 0) is 22.5 Å². The first-order valence-corrected chi connectivity index (χ1v) is 11.2. The summed E-state index contributed by atoms with van der Waals surface area (Å²) in [5.74, 6) is 1.73. The van der Waals surface area contributed by atoms with Gasteiger partial charge in [0, 0.05) is 12.3 Å². The van der Waals surface area contributed by atoms with Crippen LogP contribution in [0.1, 0.15) is 31.1 Å². The van der Waals surface area contributed by atoms with Crippen molar-refractivity contribution in [1.82, 2.24) is 14.8 Å². The molecule has 1 aromatic carbocycles. The van der Waals surface area contributed by atoms with E-state index in [0.717, 1.165) is 54.3 Å². The predicted octanol–water partition coefficient (Wildman–Crippen LogP) is 4.32. The maximum atomic E-state index is 12.6. The summed E-state index contributed by atoms with van der Waals surface area (Å²) in [6.45, 7) is 5.43. The second-order valence-corrected chi connectivity index (χ2v) is 8.23. The quantitative estimate of drug-likeness (QED) is 0.540. The van der Waals surface area contributed by atoms with E-state index in [9.17, 15) is 4.79 Å². The van der Waals surface area contributed by atoms with Crippen LogP contribution in [-0.4, -0.2) is 39.1 Å². The Hall–Kier alpha value is -2.58. The third kappa shape index (κ3) is 4.60. The number of hydrogen-bond acceptors (Lipinski definition) is 6. The molecule has 7 nitrogen and oxygen atoms in total. The molecule has 1 unspecified atom stereocenters. The summed E-state index contributed by atoms with van der Waals surface area (Å²) < 4.78 is 13.3. The zero-order valence-electron chi connectivity index (χ0n) is 17.3. The van der Waals surface area contributed by atoms with Gasteiger partial charge in [-0.2, -0.15) is 0 Å². The van der Waals surface area contributed by atoms with Crippen molar-refractivity contribution in [3.05, 3.63) is 47.9 Å². The van der Waals surface area contributed by atoms with Crippen LogP contribution in [0.4, 0.5) is 5.69 Å². The van der Waals surface area contributed by atoms with Crippen LogP contribution in [0.3, 0.4) is 0 Å². The zero-order valence-corrected chi connectivity index (χ0v) is 18.1. The molecule has 8 heteroatoms. The Bertz CT molecular complexity index is 1010. The Kier molecular flexibility index (Phi) is 6.54. The molecule has 0 saturated carbocycles. The van der Waals surface area contributed by atoms with Crippen LogP contribution >= 0.6 is 11.8 Å². The van der Waals surface area contributed by atoms with Crippen LogP contribution in [0, 0.1) is 6.92 Å². The van der Waals surface area contributed by atoms with Gasteiger partial charge in [0.15, 0.2) is 11.0 Å². The monoisotopic (exact) mass is 426 g/mol. The zero-order chi connectivity index (χ0) is 20.9. The first-order chi connectivity index (χ1) is 14.7. The summed E-state index contributed by atoms with van der Waals surface area (Å²) in [4.78, 5) is 12.6. The van der Waals surface area contributed by atoms with Crippen molar-refractivity contribution >= 4 is 23.4 Å². The number of aryl methyl sites for hydroxylation is 2. The molecular weight excluding hydrogens is 400 g/mol. The number of anilines is 1. The third-order valence-corrected chi connectivity index (χ3v) is 6.20. The number of benzene rings is 1. The van der Waals surface area contributed by atoms with Crippen molar-refractivity contribution in [2.24, 2.45) is 0 Å². The molecule has 1 amide bonds. The van der Waals surface area contributed by atoms with Gasteiger partial charge in [-0.05, 0) is 43.9 Å². The van der Waals surface area contributed by atoms with Gasteiger partial charge in [0.25, 0.3) is 0 Å². The minimum Gasteiger partial charge on any atom is -0.469 e. The molecule has 1 aliphatic heterocycles. The fraction of sp³-hybridized carbons (Fsp3) is 0.409. The Morgan fingerprint density at radius 2 is 2.17 bits per heavy atom. The van der Waals surface area contributed by atoms with Crippen molar-refractivity contribution in [2.75, 3.05) is 17.7 Å². The van der Waals surface area contributed by atoms with Crippen LogP contribution in [0.15, 0.2) is 46.2 Å². The fourth-order valence-corrected chi connectivity index (χ4v) is 4.38. The molecular formula is C22H26N4O3S. The lowest BCUT2D eigenvalue weighted by Gasteiger charge is -2.14. The first kappa shape index (κ1) is 20.7. The molecule has 2 aromatic heterocycles. The summed E-state index contributed by atoms with van der Waals surface area (Å²) in [5, 5.41) is 12.5. The summed E-state index contributed by atoms with van der Waals surface area (Å²) >= 11 is 1.39. The van der Waals surface area contributed by atoms with E-state index >= 15 is 0 Å². The molecule has 3 heterocycles. The molecule has 1 saturated heterocycles. The predicted molar refractivity (Wildman–Crippen MR) is 117 cm³/mol. The van der Waals surface area contributed by atoms with Crippen LogP contribution in [0.5, 0.6) is 0 Å². The van der Waals surface area contributed by atoms with E-state index in [1.54, 1.807) is 6.26 Å². The lowest BCUT2D eigenvalue weighted by molar-refractivity contribution is -0.113. The number of ether oxygens (including phenoxy) is 1. The molecule has 0 bridgehead atoms. The Morgan fingerprint density at radius 3 is 2.90 bits per heavy atom. The summed E-state index contributed by atoms with van der Waals surface area (Å²) in [6, 6.07) is 9.77. The van der Waals surface area contributed by atoms with Gasteiger partial charge in [-0.1, -0.05) is 36.9 Å². The highest BCUT2D eigenvalue weighted by Gasteiger charge is 2.23. The molecule has 4 rings (SSSR count). The number of nitrogens with one attached hydrogen (secondary N) is 1. The minimum atomic E-state index is -0.0615. The van der Waals surface area contributed by atoms with Gasteiger partial charge in [-0.3, -0.25) is 9.36 Å². The number of carbonyl (C=O) groups is 1. The van der Waals surface area contributed by atoms with Gasteiger partial charge in [0.1, 0.15) is 5.76 Å². The van der Waals surface area contributed by atoms with E-state index in [2.05, 4.69) is 22.4 Å². The second-order valence-electron chi connectivity index (χ2n) is 7.29. The van der Waals surface area contributed by atoms with Gasteiger partial charge in [0.05, 0.1) is 30.2 Å². The molecule has 3 aromatic rings. The van der Waals surface area contributed by atoms with E-state index < -0.39 is 0 Å². The maximum absolute atomic E-state index is 12.6. The average Bonchev–Trinajstić information content (AvgIpc) is 3.49. The van der Waals surface area contributed by atoms with Crippen LogP contribution < -0.4 is 5.32 Å². The average molecular weight is 427 g/mol. The molecule has 0 aliphatic carbocycles. The smallest absolute Gasteiger partial charge is 0.234 e. The standard InChI is InChI=1S/C22H26N4O3S/c1-3-16-7-4-5-9-19(16)23-20(27)14-30-22-25-24-21(18-10-12-28-15(18)2)26(22)13-17-8-6-11-29-17/h4-5,7,9-10,12,17H,3,6,8,11,13-14H2,1-2H3,(H,23,27). The molecule has 1 aliphatic rings. The molecule has 30 heavy (non-hydrogen) atoms. The van der Waals surface area contributed by atoms with Crippen molar-refractivity contribution in [2.45, 2.75) is 50.9 Å². The number of nitrogens with zero attached hydrogens (tertiary/aromatic N) is 3.